The Bertz CT molecular complexity index is 346. The summed E-state index contributed by atoms with van der Waals surface area (Å²) in [6, 6.07) is 0. The first-order chi connectivity index (χ1) is 6.96. The highest BCUT2D eigenvalue weighted by molar-refractivity contribution is 9.10. The maximum atomic E-state index is 9.79. The van der Waals surface area contributed by atoms with Crippen molar-refractivity contribution in [3.05, 3.63) is 16.0 Å². The molecule has 0 radical (unpaired) electrons. The zero-order chi connectivity index (χ0) is 11.5. The molecule has 1 aromatic heterocycles. The highest BCUT2D eigenvalue weighted by atomic mass is 79.9. The number of nitrogens with one attached hydrogen (secondary N) is 1. The highest BCUT2D eigenvalue weighted by Crippen LogP contribution is 2.26. The van der Waals surface area contributed by atoms with Crippen molar-refractivity contribution in [2.24, 2.45) is 0 Å². The van der Waals surface area contributed by atoms with E-state index in [0.717, 1.165) is 0 Å². The van der Waals surface area contributed by atoms with Gasteiger partial charge in [-0.1, -0.05) is 18.5 Å². The van der Waals surface area contributed by atoms with Gasteiger partial charge in [-0.05, 0) is 29.3 Å². The molecular weight excluding hydrogens is 281 g/mol. The summed E-state index contributed by atoms with van der Waals surface area (Å²) in [6.07, 6.45) is 2.03. The van der Waals surface area contributed by atoms with Gasteiger partial charge in [-0.25, -0.2) is 9.97 Å². The first kappa shape index (κ1) is 12.7. The van der Waals surface area contributed by atoms with Crippen LogP contribution in [-0.2, 0) is 0 Å². The van der Waals surface area contributed by atoms with Crippen molar-refractivity contribution in [1.29, 1.82) is 0 Å². The van der Waals surface area contributed by atoms with Crippen LogP contribution in [0.5, 0.6) is 0 Å². The maximum Gasteiger partial charge on any atom is 0.148 e. The molecule has 1 atom stereocenters. The Morgan fingerprint density at radius 1 is 1.60 bits per heavy atom. The van der Waals surface area contributed by atoms with Gasteiger partial charge in [0, 0.05) is 6.54 Å². The third-order valence-corrected chi connectivity index (χ3v) is 3.41. The van der Waals surface area contributed by atoms with Gasteiger partial charge in [0.25, 0.3) is 0 Å². The van der Waals surface area contributed by atoms with E-state index in [-0.39, 0.29) is 0 Å². The molecule has 1 rings (SSSR count). The lowest BCUT2D eigenvalue weighted by Gasteiger charge is -2.22. The molecule has 15 heavy (non-hydrogen) atoms. The van der Waals surface area contributed by atoms with Gasteiger partial charge >= 0.3 is 0 Å². The minimum absolute atomic E-state index is 0.351. The molecule has 84 valence electrons. The molecule has 0 bridgehead atoms. The fraction of sp³-hybridized carbons (Fsp3) is 0.556. The molecule has 0 aliphatic heterocycles. The van der Waals surface area contributed by atoms with Crippen LogP contribution in [-0.4, -0.2) is 27.2 Å². The van der Waals surface area contributed by atoms with Gasteiger partial charge in [0.1, 0.15) is 17.3 Å². The van der Waals surface area contributed by atoms with Crippen LogP contribution in [0.15, 0.2) is 10.8 Å². The third kappa shape index (κ3) is 3.59. The first-order valence-corrected chi connectivity index (χ1v) is 5.75. The van der Waals surface area contributed by atoms with E-state index >= 15 is 0 Å². The molecule has 0 amide bonds. The predicted octanol–water partition coefficient (Wildman–Crippen LogP) is 2.47. The largest absolute Gasteiger partial charge is 0.388 e. The number of anilines is 1. The van der Waals surface area contributed by atoms with Gasteiger partial charge in [-0.15, -0.1) is 0 Å². The molecule has 0 aliphatic carbocycles. The summed E-state index contributed by atoms with van der Waals surface area (Å²) in [4.78, 5) is 7.82. The van der Waals surface area contributed by atoms with E-state index in [1.54, 1.807) is 6.92 Å². The number of hydrogen-bond donors (Lipinski definition) is 2. The third-order valence-electron chi connectivity index (χ3n) is 2.15. The van der Waals surface area contributed by atoms with E-state index in [2.05, 4.69) is 31.2 Å². The zero-order valence-corrected chi connectivity index (χ0v) is 10.9. The Balaban J connectivity index is 2.70. The van der Waals surface area contributed by atoms with Crippen molar-refractivity contribution < 1.29 is 5.11 Å². The van der Waals surface area contributed by atoms with Gasteiger partial charge in [0.15, 0.2) is 0 Å². The lowest BCUT2D eigenvalue weighted by molar-refractivity contribution is 0.0696. The zero-order valence-electron chi connectivity index (χ0n) is 8.59. The van der Waals surface area contributed by atoms with Crippen molar-refractivity contribution in [3.63, 3.8) is 0 Å². The van der Waals surface area contributed by atoms with Crippen molar-refractivity contribution in [3.8, 4) is 0 Å². The Labute approximate surface area is 102 Å². The minimum atomic E-state index is -0.753. The average molecular weight is 295 g/mol. The Morgan fingerprint density at radius 3 is 2.87 bits per heavy atom. The predicted molar refractivity (Wildman–Crippen MR) is 64.1 cm³/mol. The number of hydrogen-bond acceptors (Lipinski definition) is 4. The van der Waals surface area contributed by atoms with Gasteiger partial charge in [-0.3, -0.25) is 0 Å². The van der Waals surface area contributed by atoms with Gasteiger partial charge in [0.2, 0.25) is 0 Å². The molecule has 0 aromatic carbocycles. The van der Waals surface area contributed by atoms with E-state index in [1.807, 2.05) is 6.92 Å². The summed E-state index contributed by atoms with van der Waals surface area (Å²) in [6.45, 7) is 4.09. The average Bonchev–Trinajstić information content (AvgIpc) is 2.20. The van der Waals surface area contributed by atoms with Crippen LogP contribution in [0, 0.1) is 0 Å². The second kappa shape index (κ2) is 5.09. The smallest absolute Gasteiger partial charge is 0.148 e. The number of aliphatic hydroxyl groups is 1. The van der Waals surface area contributed by atoms with Crippen LogP contribution >= 0.6 is 27.5 Å². The highest BCUT2D eigenvalue weighted by Gasteiger charge is 2.18. The molecule has 4 nitrogen and oxygen atoms in total. The monoisotopic (exact) mass is 293 g/mol. The van der Waals surface area contributed by atoms with Crippen LogP contribution in [0.4, 0.5) is 5.82 Å². The normalized spacial score (nSPS) is 14.7. The maximum absolute atomic E-state index is 9.79. The van der Waals surface area contributed by atoms with Gasteiger partial charge in [-0.2, -0.15) is 0 Å². The van der Waals surface area contributed by atoms with Crippen molar-refractivity contribution in [2.45, 2.75) is 25.9 Å². The van der Waals surface area contributed by atoms with Crippen molar-refractivity contribution in [1.82, 2.24) is 9.97 Å². The van der Waals surface area contributed by atoms with E-state index < -0.39 is 5.60 Å². The molecule has 1 unspecified atom stereocenters. The van der Waals surface area contributed by atoms with Crippen LogP contribution < -0.4 is 5.32 Å². The first-order valence-electron chi connectivity index (χ1n) is 4.58. The Kier molecular flexibility index (Phi) is 4.31. The standard InChI is InChI=1S/C9H13BrClN3O/c1-3-9(2,15)4-12-8-6(10)7(11)13-5-14-8/h5,15H,3-4H2,1-2H3,(H,12,13,14). The molecule has 2 N–H and O–H groups in total. The van der Waals surface area contributed by atoms with Crippen LogP contribution in [0.1, 0.15) is 20.3 Å². The summed E-state index contributed by atoms with van der Waals surface area (Å²) >= 11 is 9.07. The van der Waals surface area contributed by atoms with Crippen molar-refractivity contribution in [2.75, 3.05) is 11.9 Å². The minimum Gasteiger partial charge on any atom is -0.388 e. The topological polar surface area (TPSA) is 58.0 Å². The number of nitrogens with zero attached hydrogens (tertiary/aromatic N) is 2. The molecular formula is C9H13BrClN3O. The number of halogens is 2. The van der Waals surface area contributed by atoms with E-state index in [4.69, 9.17) is 11.6 Å². The molecule has 0 saturated carbocycles. The SMILES string of the molecule is CCC(C)(O)CNc1ncnc(Cl)c1Br. The lowest BCUT2D eigenvalue weighted by Crippen LogP contribution is -2.32. The summed E-state index contributed by atoms with van der Waals surface area (Å²) in [7, 11) is 0. The Hall–Kier alpha value is -0.390. The van der Waals surface area contributed by atoms with Crippen LogP contribution in [0.2, 0.25) is 5.15 Å². The summed E-state index contributed by atoms with van der Waals surface area (Å²) in [5, 5.41) is 13.2. The summed E-state index contributed by atoms with van der Waals surface area (Å²) in [5.74, 6) is 0.587. The van der Waals surface area contributed by atoms with Crippen molar-refractivity contribution >= 4 is 33.3 Å². The molecule has 1 aromatic rings. The molecule has 0 saturated heterocycles. The lowest BCUT2D eigenvalue weighted by atomic mass is 10.0. The fourth-order valence-electron chi connectivity index (χ4n) is 0.871. The van der Waals surface area contributed by atoms with Gasteiger partial charge < -0.3 is 10.4 Å². The summed E-state index contributed by atoms with van der Waals surface area (Å²) in [5.41, 5.74) is -0.753. The second-order valence-electron chi connectivity index (χ2n) is 3.53. The molecule has 0 fully saturated rings. The fourth-order valence-corrected chi connectivity index (χ4v) is 1.35. The molecule has 0 aliphatic rings. The van der Waals surface area contributed by atoms with Crippen LogP contribution in [0.3, 0.4) is 0 Å². The van der Waals surface area contributed by atoms with E-state index in [9.17, 15) is 5.11 Å². The van der Waals surface area contributed by atoms with E-state index in [1.165, 1.54) is 6.33 Å². The molecule has 0 spiro atoms. The quantitative estimate of drug-likeness (QED) is 0.838. The second-order valence-corrected chi connectivity index (χ2v) is 4.68. The molecule has 1 heterocycles. The molecule has 6 heteroatoms. The Morgan fingerprint density at radius 2 is 2.27 bits per heavy atom. The van der Waals surface area contributed by atoms with E-state index in [0.29, 0.717) is 28.4 Å². The van der Waals surface area contributed by atoms with Crippen LogP contribution in [0.25, 0.3) is 0 Å². The number of rotatable bonds is 4. The van der Waals surface area contributed by atoms with Gasteiger partial charge in [0.05, 0.1) is 10.1 Å². The number of aromatic nitrogens is 2. The summed E-state index contributed by atoms with van der Waals surface area (Å²) < 4.78 is 0.610.